The fourth-order valence-electron chi connectivity index (χ4n) is 10.1. The van der Waals surface area contributed by atoms with E-state index in [4.69, 9.17) is 4.42 Å². The summed E-state index contributed by atoms with van der Waals surface area (Å²) in [5.41, 5.74) is 15.5. The Balaban J connectivity index is 0.928. The van der Waals surface area contributed by atoms with Crippen LogP contribution in [0.1, 0.15) is 0 Å². The molecule has 0 spiro atoms. The third-order valence-electron chi connectivity index (χ3n) is 13.2. The lowest BCUT2D eigenvalue weighted by atomic mass is 9.96. The molecule has 65 heavy (non-hydrogen) atoms. The van der Waals surface area contributed by atoms with E-state index in [1.807, 2.05) is 12.1 Å². The molecular formula is C62H40N2O. The summed E-state index contributed by atoms with van der Waals surface area (Å²) < 4.78 is 8.81. The molecule has 0 fully saturated rings. The third-order valence-corrected chi connectivity index (χ3v) is 13.2. The fourth-order valence-corrected chi connectivity index (χ4v) is 10.1. The first-order valence-corrected chi connectivity index (χ1v) is 22.2. The van der Waals surface area contributed by atoms with Gasteiger partial charge in [0.25, 0.3) is 0 Å². The highest BCUT2D eigenvalue weighted by Gasteiger charge is 2.21. The second kappa shape index (κ2) is 15.0. The van der Waals surface area contributed by atoms with Gasteiger partial charge in [0, 0.05) is 43.9 Å². The zero-order valence-corrected chi connectivity index (χ0v) is 35.4. The van der Waals surface area contributed by atoms with Gasteiger partial charge in [0.1, 0.15) is 11.2 Å². The molecule has 304 valence electrons. The average Bonchev–Trinajstić information content (AvgIpc) is 3.92. The van der Waals surface area contributed by atoms with E-state index in [9.17, 15) is 0 Å². The largest absolute Gasteiger partial charge is 0.456 e. The summed E-state index contributed by atoms with van der Waals surface area (Å²) in [5, 5.41) is 9.63. The van der Waals surface area contributed by atoms with Crippen molar-refractivity contribution in [2.75, 3.05) is 4.90 Å². The minimum Gasteiger partial charge on any atom is -0.456 e. The van der Waals surface area contributed by atoms with Crippen LogP contribution in [0.15, 0.2) is 247 Å². The molecule has 11 aromatic carbocycles. The number of furan rings is 1. The molecule has 0 aliphatic carbocycles. The molecular weight excluding hydrogens is 789 g/mol. The van der Waals surface area contributed by atoms with Crippen LogP contribution in [-0.2, 0) is 0 Å². The van der Waals surface area contributed by atoms with Crippen molar-refractivity contribution >= 4 is 82.4 Å². The fraction of sp³-hybridized carbons (Fsp3) is 0. The van der Waals surface area contributed by atoms with Crippen LogP contribution in [0.2, 0.25) is 0 Å². The van der Waals surface area contributed by atoms with Crippen LogP contribution in [0.25, 0.3) is 104 Å². The summed E-state index contributed by atoms with van der Waals surface area (Å²) in [6.45, 7) is 0. The summed E-state index contributed by atoms with van der Waals surface area (Å²) in [6, 6.07) is 87.8. The van der Waals surface area contributed by atoms with Gasteiger partial charge in [-0.2, -0.15) is 0 Å². The molecule has 0 N–H and O–H groups in total. The summed E-state index contributed by atoms with van der Waals surface area (Å²) >= 11 is 0. The molecule has 3 heteroatoms. The molecule has 2 heterocycles. The Hall–Kier alpha value is -8.66. The predicted octanol–water partition coefficient (Wildman–Crippen LogP) is 17.5. The summed E-state index contributed by atoms with van der Waals surface area (Å²) in [5.74, 6) is 0. The van der Waals surface area contributed by atoms with Crippen LogP contribution in [0.3, 0.4) is 0 Å². The van der Waals surface area contributed by atoms with Crippen molar-refractivity contribution < 1.29 is 4.42 Å². The molecule has 0 saturated carbocycles. The van der Waals surface area contributed by atoms with Gasteiger partial charge in [-0.15, -0.1) is 0 Å². The van der Waals surface area contributed by atoms with Gasteiger partial charge in [0.2, 0.25) is 0 Å². The molecule has 13 rings (SSSR count). The van der Waals surface area contributed by atoms with Crippen molar-refractivity contribution in [3.05, 3.63) is 243 Å². The van der Waals surface area contributed by atoms with Crippen LogP contribution in [-0.4, -0.2) is 4.57 Å². The molecule has 3 nitrogen and oxygen atoms in total. The number of hydrogen-bond donors (Lipinski definition) is 0. The monoisotopic (exact) mass is 828 g/mol. The Morgan fingerprint density at radius 1 is 0.308 bits per heavy atom. The standard InChI is InChI=1S/C62H40N2O/c1-2-20-49-45(15-1)39-60(52-23-4-3-22-51(49)52)63(57-27-9-5-21-50(57)46-33-36-56-55-26-8-12-30-61(55)65-62(56)40-46)47-34-31-41(32-35-47)42-16-13-17-43(37-42)44-18-14-19-48(38-44)64-58-28-10-6-24-53(58)54-25-7-11-29-59(54)64/h1-40H. The second-order valence-corrected chi connectivity index (χ2v) is 16.9. The number of nitrogens with zero attached hydrogens (tertiary/aromatic N) is 2. The number of fused-ring (bicyclic) bond motifs is 9. The Kier molecular flexibility index (Phi) is 8.53. The minimum atomic E-state index is 0.881. The highest BCUT2D eigenvalue weighted by Crippen LogP contribution is 2.46. The van der Waals surface area contributed by atoms with E-state index in [1.165, 1.54) is 60.0 Å². The highest BCUT2D eigenvalue weighted by atomic mass is 16.3. The maximum Gasteiger partial charge on any atom is 0.136 e. The van der Waals surface area contributed by atoms with Gasteiger partial charge in [-0.05, 0) is 117 Å². The molecule has 0 atom stereocenters. The van der Waals surface area contributed by atoms with Crippen LogP contribution in [0.5, 0.6) is 0 Å². The molecule has 0 radical (unpaired) electrons. The minimum absolute atomic E-state index is 0.881. The zero-order chi connectivity index (χ0) is 42.8. The van der Waals surface area contributed by atoms with Crippen molar-refractivity contribution in [2.45, 2.75) is 0 Å². The maximum absolute atomic E-state index is 6.42. The summed E-state index contributed by atoms with van der Waals surface area (Å²) in [6.07, 6.45) is 0. The quantitative estimate of drug-likeness (QED) is 0.149. The van der Waals surface area contributed by atoms with Crippen molar-refractivity contribution in [3.63, 3.8) is 0 Å². The lowest BCUT2D eigenvalue weighted by Gasteiger charge is -2.29. The van der Waals surface area contributed by atoms with Gasteiger partial charge in [0.15, 0.2) is 0 Å². The normalized spacial score (nSPS) is 11.7. The molecule has 0 unspecified atom stereocenters. The van der Waals surface area contributed by atoms with Crippen molar-refractivity contribution in [1.82, 2.24) is 4.57 Å². The number of benzene rings is 11. The van der Waals surface area contributed by atoms with E-state index in [-0.39, 0.29) is 0 Å². The van der Waals surface area contributed by atoms with Gasteiger partial charge in [-0.1, -0.05) is 170 Å². The van der Waals surface area contributed by atoms with Crippen LogP contribution >= 0.6 is 0 Å². The molecule has 0 aliphatic heterocycles. The highest BCUT2D eigenvalue weighted by molar-refractivity contribution is 6.15. The summed E-state index contributed by atoms with van der Waals surface area (Å²) in [4.78, 5) is 2.44. The molecule has 0 saturated heterocycles. The number of aromatic nitrogens is 1. The Labute approximate surface area is 376 Å². The first-order valence-electron chi connectivity index (χ1n) is 22.2. The van der Waals surface area contributed by atoms with E-state index in [1.54, 1.807) is 0 Å². The number of rotatable bonds is 7. The van der Waals surface area contributed by atoms with Crippen molar-refractivity contribution in [1.29, 1.82) is 0 Å². The maximum atomic E-state index is 6.42. The predicted molar refractivity (Wildman–Crippen MR) is 274 cm³/mol. The van der Waals surface area contributed by atoms with Crippen LogP contribution in [0.4, 0.5) is 17.1 Å². The van der Waals surface area contributed by atoms with Gasteiger partial charge < -0.3 is 13.9 Å². The number of para-hydroxylation sites is 4. The first kappa shape index (κ1) is 36.9. The number of hydrogen-bond acceptors (Lipinski definition) is 2. The molecule has 0 aliphatic rings. The molecule has 13 aromatic rings. The van der Waals surface area contributed by atoms with Crippen LogP contribution < -0.4 is 4.90 Å². The lowest BCUT2D eigenvalue weighted by Crippen LogP contribution is -2.12. The van der Waals surface area contributed by atoms with E-state index in [0.717, 1.165) is 61.4 Å². The second-order valence-electron chi connectivity index (χ2n) is 16.9. The van der Waals surface area contributed by atoms with E-state index in [2.05, 4.69) is 240 Å². The van der Waals surface area contributed by atoms with E-state index < -0.39 is 0 Å². The SMILES string of the molecule is c1cc(-c2ccc(N(c3ccccc3-c3ccc4c(c3)oc3ccccc34)c3cc4ccccc4c4ccccc34)cc2)cc(-c2cccc(-n3c4ccccc4c4ccccc43)c2)c1. The topological polar surface area (TPSA) is 21.3 Å². The van der Waals surface area contributed by atoms with Gasteiger partial charge in [0.05, 0.1) is 22.4 Å². The lowest BCUT2D eigenvalue weighted by molar-refractivity contribution is 0.669. The molecule has 0 amide bonds. The first-order chi connectivity index (χ1) is 32.2. The van der Waals surface area contributed by atoms with Gasteiger partial charge in [-0.3, -0.25) is 0 Å². The van der Waals surface area contributed by atoms with E-state index >= 15 is 0 Å². The number of anilines is 3. The van der Waals surface area contributed by atoms with Gasteiger partial charge >= 0.3 is 0 Å². The molecule has 0 bridgehead atoms. The van der Waals surface area contributed by atoms with Crippen molar-refractivity contribution in [2.24, 2.45) is 0 Å². The van der Waals surface area contributed by atoms with Crippen molar-refractivity contribution in [3.8, 4) is 39.1 Å². The van der Waals surface area contributed by atoms with E-state index in [0.29, 0.717) is 0 Å². The summed E-state index contributed by atoms with van der Waals surface area (Å²) in [7, 11) is 0. The zero-order valence-electron chi connectivity index (χ0n) is 35.4. The Morgan fingerprint density at radius 3 is 1.66 bits per heavy atom. The third kappa shape index (κ3) is 6.12. The van der Waals surface area contributed by atoms with Crippen LogP contribution in [0, 0.1) is 0 Å². The Morgan fingerprint density at radius 2 is 0.877 bits per heavy atom. The Bertz CT molecular complexity index is 3910. The van der Waals surface area contributed by atoms with Gasteiger partial charge in [-0.25, -0.2) is 0 Å². The average molecular weight is 829 g/mol. The molecule has 2 aromatic heterocycles. The smallest absolute Gasteiger partial charge is 0.136 e.